The summed E-state index contributed by atoms with van der Waals surface area (Å²) in [5, 5.41) is 0. The number of nitrogens with two attached hydrogens (primary N) is 1. The number of hydrogen-bond donors (Lipinski definition) is 1. The Bertz CT molecular complexity index is 484. The minimum absolute atomic E-state index is 0.0115. The van der Waals surface area contributed by atoms with Crippen LogP contribution in [0, 0.1) is 12.7 Å². The van der Waals surface area contributed by atoms with Crippen LogP contribution in [-0.4, -0.2) is 54.5 Å². The number of carbonyl (C=O) groups excluding carboxylic acids is 1. The van der Waals surface area contributed by atoms with Gasteiger partial charge in [0.15, 0.2) is 0 Å². The fraction of sp³-hybridized carbons (Fsp3) is 0.533. The molecule has 20 heavy (non-hydrogen) atoms. The molecule has 1 aliphatic rings. The van der Waals surface area contributed by atoms with Crippen molar-refractivity contribution >= 4 is 5.91 Å². The molecule has 1 heterocycles. The Morgan fingerprint density at radius 1 is 1.35 bits per heavy atom. The van der Waals surface area contributed by atoms with Crippen LogP contribution >= 0.6 is 0 Å². The molecule has 0 saturated carbocycles. The van der Waals surface area contributed by atoms with Crippen LogP contribution in [-0.2, 0) is 0 Å². The van der Waals surface area contributed by atoms with Crippen molar-refractivity contribution in [2.45, 2.75) is 19.9 Å². The largest absolute Gasteiger partial charge is 0.336 e. The Morgan fingerprint density at radius 2 is 2.00 bits per heavy atom. The quantitative estimate of drug-likeness (QED) is 0.905. The van der Waals surface area contributed by atoms with Crippen molar-refractivity contribution in [2.75, 3.05) is 32.7 Å². The number of halogens is 1. The zero-order valence-electron chi connectivity index (χ0n) is 12.1. The summed E-state index contributed by atoms with van der Waals surface area (Å²) in [6, 6.07) is 4.66. The molecule has 1 fully saturated rings. The van der Waals surface area contributed by atoms with Crippen LogP contribution in [0.15, 0.2) is 18.2 Å². The third kappa shape index (κ3) is 3.16. The molecule has 110 valence electrons. The highest BCUT2D eigenvalue weighted by molar-refractivity contribution is 5.95. The van der Waals surface area contributed by atoms with Crippen molar-refractivity contribution in [3.8, 4) is 0 Å². The average molecular weight is 279 g/mol. The molecule has 0 radical (unpaired) electrons. The van der Waals surface area contributed by atoms with Gasteiger partial charge in [-0.25, -0.2) is 4.39 Å². The third-order valence-corrected chi connectivity index (χ3v) is 3.98. The van der Waals surface area contributed by atoms with Gasteiger partial charge in [0, 0.05) is 44.3 Å². The molecule has 0 bridgehead atoms. The summed E-state index contributed by atoms with van der Waals surface area (Å²) in [5.41, 5.74) is 6.94. The molecule has 5 heteroatoms. The number of hydrogen-bond acceptors (Lipinski definition) is 3. The summed E-state index contributed by atoms with van der Waals surface area (Å²) in [7, 11) is 0. The van der Waals surface area contributed by atoms with Gasteiger partial charge < -0.3 is 10.6 Å². The second-order valence-electron chi connectivity index (χ2n) is 5.37. The smallest absolute Gasteiger partial charge is 0.254 e. The number of amides is 1. The normalized spacial score (nSPS) is 18.1. The molecule has 1 aromatic rings. The van der Waals surface area contributed by atoms with Gasteiger partial charge in [0.1, 0.15) is 5.82 Å². The number of piperazine rings is 1. The van der Waals surface area contributed by atoms with Crippen LogP contribution in [0.25, 0.3) is 0 Å². The fourth-order valence-electron chi connectivity index (χ4n) is 2.55. The maximum atomic E-state index is 13.1. The minimum atomic E-state index is -0.305. The molecule has 1 atom stereocenters. The first-order chi connectivity index (χ1) is 9.52. The molecular weight excluding hydrogens is 257 g/mol. The van der Waals surface area contributed by atoms with Crippen molar-refractivity contribution in [1.82, 2.24) is 9.80 Å². The van der Waals surface area contributed by atoms with Crippen LogP contribution in [0.5, 0.6) is 0 Å². The summed E-state index contributed by atoms with van der Waals surface area (Å²) in [4.78, 5) is 16.6. The van der Waals surface area contributed by atoms with E-state index in [2.05, 4.69) is 11.8 Å². The van der Waals surface area contributed by atoms with E-state index in [1.165, 1.54) is 12.1 Å². The summed E-state index contributed by atoms with van der Waals surface area (Å²) in [6.45, 7) is 7.56. The number of rotatable bonds is 3. The summed E-state index contributed by atoms with van der Waals surface area (Å²) >= 11 is 0. The van der Waals surface area contributed by atoms with Gasteiger partial charge in [-0.05, 0) is 37.6 Å². The van der Waals surface area contributed by atoms with E-state index in [4.69, 9.17) is 5.73 Å². The lowest BCUT2D eigenvalue weighted by atomic mass is 10.1. The number of nitrogens with zero attached hydrogens (tertiary/aromatic N) is 2. The lowest BCUT2D eigenvalue weighted by Crippen LogP contribution is -2.52. The molecule has 2 N–H and O–H groups in total. The predicted octanol–water partition coefficient (Wildman–Crippen LogP) is 1.24. The molecule has 1 aromatic carbocycles. The van der Waals surface area contributed by atoms with Crippen molar-refractivity contribution < 1.29 is 9.18 Å². The van der Waals surface area contributed by atoms with Crippen LogP contribution in [0.1, 0.15) is 22.8 Å². The summed E-state index contributed by atoms with van der Waals surface area (Å²) in [6.07, 6.45) is 0. The Morgan fingerprint density at radius 3 is 2.55 bits per heavy atom. The van der Waals surface area contributed by atoms with Crippen LogP contribution in [0.4, 0.5) is 4.39 Å². The molecule has 1 amide bonds. The Balaban J connectivity index is 2.01. The van der Waals surface area contributed by atoms with Crippen molar-refractivity contribution in [2.24, 2.45) is 5.73 Å². The van der Waals surface area contributed by atoms with Crippen molar-refractivity contribution in [3.63, 3.8) is 0 Å². The second-order valence-corrected chi connectivity index (χ2v) is 5.37. The monoisotopic (exact) mass is 279 g/mol. The molecule has 2 rings (SSSR count). The van der Waals surface area contributed by atoms with Gasteiger partial charge in [0.05, 0.1) is 0 Å². The summed E-state index contributed by atoms with van der Waals surface area (Å²) in [5.74, 6) is -0.316. The van der Waals surface area contributed by atoms with E-state index in [1.807, 2.05) is 4.90 Å². The molecular formula is C15H22FN3O. The van der Waals surface area contributed by atoms with E-state index in [-0.39, 0.29) is 11.7 Å². The third-order valence-electron chi connectivity index (χ3n) is 3.98. The van der Waals surface area contributed by atoms with Crippen LogP contribution in [0.2, 0.25) is 0 Å². The van der Waals surface area contributed by atoms with Gasteiger partial charge in [-0.3, -0.25) is 9.69 Å². The molecule has 1 saturated heterocycles. The van der Waals surface area contributed by atoms with Crippen LogP contribution < -0.4 is 5.73 Å². The predicted molar refractivity (Wildman–Crippen MR) is 77.1 cm³/mol. The lowest BCUT2D eigenvalue weighted by Gasteiger charge is -2.37. The van der Waals surface area contributed by atoms with E-state index in [0.717, 1.165) is 13.1 Å². The highest BCUT2D eigenvalue weighted by atomic mass is 19.1. The van der Waals surface area contributed by atoms with E-state index < -0.39 is 0 Å². The highest BCUT2D eigenvalue weighted by Crippen LogP contribution is 2.15. The number of aryl methyl sites for hydroxylation is 1. The average Bonchev–Trinajstić information content (AvgIpc) is 2.46. The Kier molecular flexibility index (Phi) is 4.73. The van der Waals surface area contributed by atoms with Gasteiger partial charge >= 0.3 is 0 Å². The minimum Gasteiger partial charge on any atom is -0.336 e. The number of carbonyl (C=O) groups is 1. The first-order valence-electron chi connectivity index (χ1n) is 7.02. The first kappa shape index (κ1) is 14.9. The molecule has 0 aliphatic carbocycles. The van der Waals surface area contributed by atoms with Crippen molar-refractivity contribution in [3.05, 3.63) is 35.1 Å². The topological polar surface area (TPSA) is 49.6 Å². The Labute approximate surface area is 119 Å². The van der Waals surface area contributed by atoms with Gasteiger partial charge in [0.25, 0.3) is 5.91 Å². The van der Waals surface area contributed by atoms with Gasteiger partial charge in [-0.2, -0.15) is 0 Å². The first-order valence-corrected chi connectivity index (χ1v) is 7.02. The molecule has 4 nitrogen and oxygen atoms in total. The molecule has 1 aliphatic heterocycles. The highest BCUT2D eigenvalue weighted by Gasteiger charge is 2.24. The molecule has 1 unspecified atom stereocenters. The van der Waals surface area contributed by atoms with E-state index in [0.29, 0.717) is 36.8 Å². The van der Waals surface area contributed by atoms with Gasteiger partial charge in [-0.15, -0.1) is 0 Å². The van der Waals surface area contributed by atoms with Gasteiger partial charge in [0.2, 0.25) is 0 Å². The fourth-order valence-corrected chi connectivity index (χ4v) is 2.55. The maximum absolute atomic E-state index is 13.1. The molecule has 0 aromatic heterocycles. The van der Waals surface area contributed by atoms with E-state index >= 15 is 0 Å². The lowest BCUT2D eigenvalue weighted by molar-refractivity contribution is 0.0588. The van der Waals surface area contributed by atoms with E-state index in [1.54, 1.807) is 13.0 Å². The van der Waals surface area contributed by atoms with Crippen LogP contribution in [0.3, 0.4) is 0 Å². The zero-order chi connectivity index (χ0) is 14.7. The second kappa shape index (κ2) is 6.33. The van der Waals surface area contributed by atoms with E-state index in [9.17, 15) is 9.18 Å². The zero-order valence-corrected chi connectivity index (χ0v) is 12.1. The standard InChI is InChI=1S/C15H22FN3O/c1-11-9-13(16)3-4-14(11)15(20)19-7-5-18(6-8-19)12(2)10-17/h3-4,9,12H,5-8,10,17H2,1-2H3. The Hall–Kier alpha value is -1.46. The van der Waals surface area contributed by atoms with Crippen molar-refractivity contribution in [1.29, 1.82) is 0 Å². The summed E-state index contributed by atoms with van der Waals surface area (Å²) < 4.78 is 13.1. The number of benzene rings is 1. The SMILES string of the molecule is Cc1cc(F)ccc1C(=O)N1CCN(C(C)CN)CC1. The maximum Gasteiger partial charge on any atom is 0.254 e. The molecule has 0 spiro atoms. The van der Waals surface area contributed by atoms with Gasteiger partial charge in [-0.1, -0.05) is 0 Å².